The van der Waals surface area contributed by atoms with Gasteiger partial charge in [0.2, 0.25) is 0 Å². The molecule has 0 heterocycles. The number of nitrogens with zero attached hydrogens (tertiary/aromatic N) is 1. The van der Waals surface area contributed by atoms with Crippen molar-refractivity contribution >= 4 is 15.9 Å². The maximum Gasteiger partial charge on any atom is 0.00768 e. The molecule has 0 aromatic carbocycles. The Hall–Kier alpha value is 0.440. The first-order valence-corrected chi connectivity index (χ1v) is 7.60. The molecular formula is C14H30BrN. The summed E-state index contributed by atoms with van der Waals surface area (Å²) in [7, 11) is 0. The SMILES string of the molecule is CC(C)CN(CC(CBr)C(C)(C)C)C(C)C. The van der Waals surface area contributed by atoms with Crippen LogP contribution in [0.4, 0.5) is 0 Å². The topological polar surface area (TPSA) is 3.24 Å². The van der Waals surface area contributed by atoms with Crippen LogP contribution in [0.25, 0.3) is 0 Å². The van der Waals surface area contributed by atoms with Crippen LogP contribution >= 0.6 is 15.9 Å². The van der Waals surface area contributed by atoms with Crippen molar-refractivity contribution in [2.45, 2.75) is 54.5 Å². The molecule has 2 heteroatoms. The standard InChI is InChI=1S/C14H30BrN/c1-11(2)9-16(12(3)4)10-13(8-15)14(5,6)7/h11-13H,8-10H2,1-7H3. The molecule has 0 saturated heterocycles. The molecule has 1 unspecified atom stereocenters. The van der Waals surface area contributed by atoms with E-state index < -0.39 is 0 Å². The highest BCUT2D eigenvalue weighted by atomic mass is 79.9. The van der Waals surface area contributed by atoms with E-state index in [4.69, 9.17) is 0 Å². The highest BCUT2D eigenvalue weighted by Gasteiger charge is 2.26. The molecule has 0 saturated carbocycles. The largest absolute Gasteiger partial charge is 0.300 e. The predicted octanol–water partition coefficient (Wildman–Crippen LogP) is 4.41. The number of halogens is 1. The van der Waals surface area contributed by atoms with Gasteiger partial charge in [-0.3, -0.25) is 0 Å². The van der Waals surface area contributed by atoms with Crippen LogP contribution < -0.4 is 0 Å². The number of rotatable bonds is 6. The van der Waals surface area contributed by atoms with E-state index in [0.29, 0.717) is 17.4 Å². The first-order valence-electron chi connectivity index (χ1n) is 6.48. The average Bonchev–Trinajstić information content (AvgIpc) is 2.08. The maximum atomic E-state index is 3.67. The molecule has 0 aliphatic carbocycles. The quantitative estimate of drug-likeness (QED) is 0.655. The summed E-state index contributed by atoms with van der Waals surface area (Å²) in [5, 5.41) is 1.10. The predicted molar refractivity (Wildman–Crippen MR) is 78.3 cm³/mol. The molecule has 1 atom stereocenters. The lowest BCUT2D eigenvalue weighted by molar-refractivity contribution is 0.127. The van der Waals surface area contributed by atoms with Crippen molar-refractivity contribution in [2.24, 2.45) is 17.3 Å². The summed E-state index contributed by atoms with van der Waals surface area (Å²) in [6, 6.07) is 0.645. The van der Waals surface area contributed by atoms with Gasteiger partial charge in [0.1, 0.15) is 0 Å². The third-order valence-electron chi connectivity index (χ3n) is 3.20. The fourth-order valence-electron chi connectivity index (χ4n) is 1.80. The molecule has 0 radical (unpaired) electrons. The second-order valence-electron chi connectivity index (χ2n) is 6.66. The van der Waals surface area contributed by atoms with Gasteiger partial charge in [-0.1, -0.05) is 50.5 Å². The first kappa shape index (κ1) is 16.4. The van der Waals surface area contributed by atoms with Crippen LogP contribution in [-0.4, -0.2) is 29.4 Å². The van der Waals surface area contributed by atoms with Gasteiger partial charge in [-0.05, 0) is 31.1 Å². The molecule has 0 bridgehead atoms. The van der Waals surface area contributed by atoms with Gasteiger partial charge in [0.05, 0.1) is 0 Å². The van der Waals surface area contributed by atoms with Crippen LogP contribution in [0, 0.1) is 17.3 Å². The minimum atomic E-state index is 0.383. The maximum absolute atomic E-state index is 3.67. The molecule has 0 aromatic heterocycles. The van der Waals surface area contributed by atoms with Crippen molar-refractivity contribution < 1.29 is 0 Å². The van der Waals surface area contributed by atoms with E-state index in [9.17, 15) is 0 Å². The Morgan fingerprint density at radius 1 is 1.00 bits per heavy atom. The van der Waals surface area contributed by atoms with Crippen LogP contribution in [-0.2, 0) is 0 Å². The summed E-state index contributed by atoms with van der Waals surface area (Å²) in [6.07, 6.45) is 0. The minimum absolute atomic E-state index is 0.383. The Kier molecular flexibility index (Phi) is 7.20. The molecule has 0 amide bonds. The highest BCUT2D eigenvalue weighted by molar-refractivity contribution is 9.09. The van der Waals surface area contributed by atoms with Crippen molar-refractivity contribution in [1.29, 1.82) is 0 Å². The third-order valence-corrected chi connectivity index (χ3v) is 3.98. The monoisotopic (exact) mass is 291 g/mol. The molecular weight excluding hydrogens is 262 g/mol. The number of hydrogen-bond donors (Lipinski definition) is 0. The van der Waals surface area contributed by atoms with Gasteiger partial charge in [0.25, 0.3) is 0 Å². The molecule has 0 fully saturated rings. The van der Waals surface area contributed by atoms with Crippen molar-refractivity contribution in [3.63, 3.8) is 0 Å². The summed E-state index contributed by atoms with van der Waals surface area (Å²) < 4.78 is 0. The highest BCUT2D eigenvalue weighted by Crippen LogP contribution is 2.29. The Labute approximate surface area is 111 Å². The second kappa shape index (κ2) is 7.00. The fourth-order valence-corrected chi connectivity index (χ4v) is 2.98. The summed E-state index contributed by atoms with van der Waals surface area (Å²) in [6.45, 7) is 18.6. The van der Waals surface area contributed by atoms with Gasteiger partial charge in [-0.2, -0.15) is 0 Å². The summed E-state index contributed by atoms with van der Waals surface area (Å²) >= 11 is 3.67. The molecule has 0 aliphatic heterocycles. The molecule has 0 rings (SSSR count). The van der Waals surface area contributed by atoms with E-state index in [2.05, 4.69) is 69.3 Å². The van der Waals surface area contributed by atoms with Crippen LogP contribution in [0.15, 0.2) is 0 Å². The van der Waals surface area contributed by atoms with Gasteiger partial charge in [-0.15, -0.1) is 0 Å². The molecule has 0 aliphatic rings. The van der Waals surface area contributed by atoms with Gasteiger partial charge in [0.15, 0.2) is 0 Å². The molecule has 0 spiro atoms. The van der Waals surface area contributed by atoms with Crippen molar-refractivity contribution in [1.82, 2.24) is 4.90 Å². The Morgan fingerprint density at radius 3 is 1.75 bits per heavy atom. The normalized spacial score (nSPS) is 15.2. The van der Waals surface area contributed by atoms with E-state index in [-0.39, 0.29) is 0 Å². The van der Waals surface area contributed by atoms with E-state index in [1.165, 1.54) is 13.1 Å². The zero-order valence-electron chi connectivity index (χ0n) is 12.2. The second-order valence-corrected chi connectivity index (χ2v) is 7.31. The summed E-state index contributed by atoms with van der Waals surface area (Å²) in [5.74, 6) is 1.46. The molecule has 98 valence electrons. The molecule has 0 aromatic rings. The van der Waals surface area contributed by atoms with Crippen LogP contribution in [0.3, 0.4) is 0 Å². The lowest BCUT2D eigenvalue weighted by Gasteiger charge is -2.37. The van der Waals surface area contributed by atoms with Crippen molar-refractivity contribution in [3.05, 3.63) is 0 Å². The first-order chi connectivity index (χ1) is 7.18. The smallest absolute Gasteiger partial charge is 0.00768 e. The van der Waals surface area contributed by atoms with Crippen LogP contribution in [0.1, 0.15) is 48.5 Å². The average molecular weight is 292 g/mol. The van der Waals surface area contributed by atoms with Gasteiger partial charge in [-0.25, -0.2) is 0 Å². The fraction of sp³-hybridized carbons (Fsp3) is 1.00. The number of hydrogen-bond acceptors (Lipinski definition) is 1. The van der Waals surface area contributed by atoms with Gasteiger partial charge < -0.3 is 4.90 Å². The summed E-state index contributed by atoms with van der Waals surface area (Å²) in [5.41, 5.74) is 0.383. The van der Waals surface area contributed by atoms with Gasteiger partial charge >= 0.3 is 0 Å². The Bertz CT molecular complexity index is 182. The lowest BCUT2D eigenvalue weighted by Crippen LogP contribution is -2.41. The van der Waals surface area contributed by atoms with E-state index >= 15 is 0 Å². The zero-order chi connectivity index (χ0) is 12.9. The minimum Gasteiger partial charge on any atom is -0.300 e. The van der Waals surface area contributed by atoms with E-state index in [0.717, 1.165) is 11.2 Å². The lowest BCUT2D eigenvalue weighted by atomic mass is 9.81. The number of alkyl halides is 1. The van der Waals surface area contributed by atoms with E-state index in [1.54, 1.807) is 0 Å². The Balaban J connectivity index is 4.47. The van der Waals surface area contributed by atoms with Crippen LogP contribution in [0.2, 0.25) is 0 Å². The van der Waals surface area contributed by atoms with Crippen LogP contribution in [0.5, 0.6) is 0 Å². The van der Waals surface area contributed by atoms with Gasteiger partial charge in [0, 0.05) is 24.5 Å². The Morgan fingerprint density at radius 2 is 1.50 bits per heavy atom. The van der Waals surface area contributed by atoms with Crippen molar-refractivity contribution in [3.8, 4) is 0 Å². The zero-order valence-corrected chi connectivity index (χ0v) is 13.8. The van der Waals surface area contributed by atoms with E-state index in [1.807, 2.05) is 0 Å². The third kappa shape index (κ3) is 6.24. The molecule has 1 nitrogen and oxygen atoms in total. The molecule has 16 heavy (non-hydrogen) atoms. The summed E-state index contributed by atoms with van der Waals surface area (Å²) in [4.78, 5) is 2.61. The van der Waals surface area contributed by atoms with Crippen molar-refractivity contribution in [2.75, 3.05) is 18.4 Å². The molecule has 0 N–H and O–H groups in total.